The molecule has 0 bridgehead atoms. The molecule has 1 aliphatic rings. The van der Waals surface area contributed by atoms with Crippen molar-refractivity contribution in [3.8, 4) is 34.2 Å². The van der Waals surface area contributed by atoms with Gasteiger partial charge in [0.05, 0.1) is 24.3 Å². The number of nitrogens with zero attached hydrogens (tertiary/aromatic N) is 6. The lowest BCUT2D eigenvalue weighted by atomic mass is 10.1. The Morgan fingerprint density at radius 3 is 2.55 bits per heavy atom. The van der Waals surface area contributed by atoms with Gasteiger partial charge in [-0.3, -0.25) is 14.2 Å². The minimum absolute atomic E-state index is 0.0455. The highest BCUT2D eigenvalue weighted by molar-refractivity contribution is 5.79. The normalized spacial score (nSPS) is 15.0. The number of nitrogens with one attached hydrogen (secondary N) is 1. The van der Waals surface area contributed by atoms with Crippen LogP contribution in [0.25, 0.3) is 22.7 Å². The number of aromatic nitrogens is 6. The van der Waals surface area contributed by atoms with Crippen molar-refractivity contribution >= 4 is 5.91 Å². The molecule has 0 unspecified atom stereocenters. The van der Waals surface area contributed by atoms with Crippen LogP contribution in [0.1, 0.15) is 43.3 Å². The van der Waals surface area contributed by atoms with Gasteiger partial charge < -0.3 is 14.6 Å². The van der Waals surface area contributed by atoms with Crippen molar-refractivity contribution in [1.82, 2.24) is 35.2 Å². The number of hydrogen-bond acceptors (Lipinski definition) is 9. The molecule has 1 amide bonds. The molecule has 3 aromatic heterocycles. The topological polar surface area (TPSA) is 138 Å². The van der Waals surface area contributed by atoms with Crippen LogP contribution in [-0.2, 0) is 17.0 Å². The molecular formula is C30H26FN7O4. The molecule has 0 radical (unpaired) electrons. The summed E-state index contributed by atoms with van der Waals surface area (Å²) in [4.78, 5) is 32.6. The highest BCUT2D eigenvalue weighted by Gasteiger charge is 2.28. The van der Waals surface area contributed by atoms with E-state index in [0.717, 1.165) is 11.1 Å². The molecule has 0 aliphatic carbocycles. The standard InChI is InChI=1S/C30H26FN7O4/c1-30(2,31)25-10-9-23(35-36-25)18-5-7-22(8-6-18)41-24-13-19(3-4-20(24)16-38-17-32-12-11-27(38)40)29-34-28(37-42-29)21-14-26(39)33-15-21/h3-13,17,21H,14-16H2,1-2H3,(H,33,39)/t21-/m0/s1. The van der Waals surface area contributed by atoms with E-state index in [2.05, 4.69) is 30.6 Å². The molecule has 2 aromatic carbocycles. The van der Waals surface area contributed by atoms with Gasteiger partial charge in [-0.15, -0.1) is 0 Å². The van der Waals surface area contributed by atoms with Crippen molar-refractivity contribution in [1.29, 1.82) is 0 Å². The number of amides is 1. The van der Waals surface area contributed by atoms with Gasteiger partial charge in [-0.05, 0) is 62.4 Å². The molecule has 11 nitrogen and oxygen atoms in total. The predicted octanol–water partition coefficient (Wildman–Crippen LogP) is 4.40. The summed E-state index contributed by atoms with van der Waals surface area (Å²) in [6.07, 6.45) is 3.22. The van der Waals surface area contributed by atoms with E-state index < -0.39 is 5.67 Å². The molecule has 42 heavy (non-hydrogen) atoms. The van der Waals surface area contributed by atoms with Crippen LogP contribution in [0.4, 0.5) is 4.39 Å². The van der Waals surface area contributed by atoms with Crippen LogP contribution in [-0.4, -0.2) is 42.3 Å². The van der Waals surface area contributed by atoms with E-state index in [-0.39, 0.29) is 35.5 Å². The SMILES string of the molecule is CC(C)(F)c1ccc(-c2ccc(Oc3cc(-c4nc([C@@H]5CNC(=O)C5)no4)ccc3Cn3cnccc3=O)cc2)nn1. The van der Waals surface area contributed by atoms with Crippen molar-refractivity contribution < 1.29 is 18.4 Å². The van der Waals surface area contributed by atoms with Gasteiger partial charge in [-0.2, -0.15) is 15.2 Å². The summed E-state index contributed by atoms with van der Waals surface area (Å²) in [5.41, 5.74) is 1.20. The molecular weight excluding hydrogens is 541 g/mol. The first-order valence-electron chi connectivity index (χ1n) is 13.3. The molecule has 5 aromatic rings. The first-order chi connectivity index (χ1) is 20.2. The van der Waals surface area contributed by atoms with E-state index in [9.17, 15) is 14.0 Å². The molecule has 212 valence electrons. The lowest BCUT2D eigenvalue weighted by Crippen LogP contribution is -2.19. The first-order valence-corrected chi connectivity index (χ1v) is 13.3. The van der Waals surface area contributed by atoms with E-state index >= 15 is 0 Å². The molecule has 1 saturated heterocycles. The van der Waals surface area contributed by atoms with Crippen LogP contribution in [0, 0.1) is 0 Å². The summed E-state index contributed by atoms with van der Waals surface area (Å²) in [5, 5.41) is 15.0. The molecule has 1 fully saturated rings. The van der Waals surface area contributed by atoms with Crippen molar-refractivity contribution in [3.05, 3.63) is 101 Å². The lowest BCUT2D eigenvalue weighted by Gasteiger charge is -2.14. The first kappa shape index (κ1) is 26.9. The third kappa shape index (κ3) is 5.78. The summed E-state index contributed by atoms with van der Waals surface area (Å²) in [6.45, 7) is 3.55. The maximum Gasteiger partial charge on any atom is 0.258 e. The highest BCUT2D eigenvalue weighted by Crippen LogP contribution is 2.33. The number of carbonyl (C=O) groups excluding carboxylic acids is 1. The molecule has 6 rings (SSSR count). The van der Waals surface area contributed by atoms with Crippen molar-refractivity contribution in [2.45, 2.75) is 38.4 Å². The monoisotopic (exact) mass is 567 g/mol. The number of hydrogen-bond donors (Lipinski definition) is 1. The Morgan fingerprint density at radius 2 is 1.86 bits per heavy atom. The number of alkyl halides is 1. The van der Waals surface area contributed by atoms with E-state index in [0.29, 0.717) is 41.5 Å². The molecule has 1 N–H and O–H groups in total. The zero-order chi connectivity index (χ0) is 29.3. The number of carbonyl (C=O) groups is 1. The second-order valence-corrected chi connectivity index (χ2v) is 10.4. The van der Waals surface area contributed by atoms with E-state index in [1.54, 1.807) is 30.3 Å². The summed E-state index contributed by atoms with van der Waals surface area (Å²) in [7, 11) is 0. The number of ether oxygens (including phenoxy) is 1. The zero-order valence-corrected chi connectivity index (χ0v) is 22.8. The quantitative estimate of drug-likeness (QED) is 0.289. The van der Waals surface area contributed by atoms with E-state index in [1.165, 1.54) is 37.0 Å². The number of rotatable bonds is 8. The fourth-order valence-corrected chi connectivity index (χ4v) is 4.52. The van der Waals surface area contributed by atoms with Gasteiger partial charge in [-0.25, -0.2) is 9.37 Å². The van der Waals surface area contributed by atoms with Gasteiger partial charge in [0.2, 0.25) is 5.91 Å². The van der Waals surface area contributed by atoms with Gasteiger partial charge in [0, 0.05) is 47.8 Å². The van der Waals surface area contributed by atoms with Gasteiger partial charge in [0.25, 0.3) is 11.4 Å². The second-order valence-electron chi connectivity index (χ2n) is 10.4. The van der Waals surface area contributed by atoms with Crippen LogP contribution in [0.2, 0.25) is 0 Å². The second kappa shape index (κ2) is 11.0. The molecule has 1 atom stereocenters. The average Bonchev–Trinajstić information content (AvgIpc) is 3.65. The van der Waals surface area contributed by atoms with Crippen LogP contribution in [0.5, 0.6) is 11.5 Å². The van der Waals surface area contributed by atoms with Crippen molar-refractivity contribution in [2.24, 2.45) is 0 Å². The molecule has 4 heterocycles. The predicted molar refractivity (Wildman–Crippen MR) is 149 cm³/mol. The van der Waals surface area contributed by atoms with Crippen LogP contribution < -0.4 is 15.6 Å². The Hall–Kier alpha value is -5.26. The third-order valence-electron chi connectivity index (χ3n) is 6.88. The number of halogens is 1. The van der Waals surface area contributed by atoms with Crippen molar-refractivity contribution in [3.63, 3.8) is 0 Å². The van der Waals surface area contributed by atoms with Gasteiger partial charge in [0.15, 0.2) is 5.82 Å². The summed E-state index contributed by atoms with van der Waals surface area (Å²) < 4.78 is 27.4. The Kier molecular flexibility index (Phi) is 7.03. The smallest absolute Gasteiger partial charge is 0.258 e. The van der Waals surface area contributed by atoms with Crippen molar-refractivity contribution in [2.75, 3.05) is 6.54 Å². The third-order valence-corrected chi connectivity index (χ3v) is 6.88. The Morgan fingerprint density at radius 1 is 1.05 bits per heavy atom. The summed E-state index contributed by atoms with van der Waals surface area (Å²) >= 11 is 0. The molecule has 0 saturated carbocycles. The number of benzene rings is 2. The Labute approximate surface area is 239 Å². The van der Waals surface area contributed by atoms with Crippen LogP contribution in [0.3, 0.4) is 0 Å². The minimum Gasteiger partial charge on any atom is -0.457 e. The summed E-state index contributed by atoms with van der Waals surface area (Å²) in [6, 6.07) is 17.4. The minimum atomic E-state index is -1.58. The molecule has 1 aliphatic heterocycles. The Bertz CT molecular complexity index is 1790. The lowest BCUT2D eigenvalue weighted by molar-refractivity contribution is -0.119. The fraction of sp³-hybridized carbons (Fsp3) is 0.233. The molecule has 0 spiro atoms. The maximum absolute atomic E-state index is 14.2. The van der Waals surface area contributed by atoms with Gasteiger partial charge in [-0.1, -0.05) is 11.2 Å². The molecule has 12 heteroatoms. The maximum atomic E-state index is 14.2. The Balaban J connectivity index is 1.29. The zero-order valence-electron chi connectivity index (χ0n) is 22.8. The highest BCUT2D eigenvalue weighted by atomic mass is 19.1. The van der Waals surface area contributed by atoms with Crippen LogP contribution in [0.15, 0.2) is 82.5 Å². The average molecular weight is 568 g/mol. The van der Waals surface area contributed by atoms with Gasteiger partial charge >= 0.3 is 0 Å². The fourth-order valence-electron chi connectivity index (χ4n) is 4.52. The van der Waals surface area contributed by atoms with E-state index in [4.69, 9.17) is 9.26 Å². The summed E-state index contributed by atoms with van der Waals surface area (Å²) in [5.74, 6) is 1.56. The largest absolute Gasteiger partial charge is 0.457 e. The van der Waals surface area contributed by atoms with E-state index in [1.807, 2.05) is 24.3 Å². The van der Waals surface area contributed by atoms with Crippen LogP contribution >= 0.6 is 0 Å². The van der Waals surface area contributed by atoms with Gasteiger partial charge in [0.1, 0.15) is 17.2 Å².